The molecule has 1 aromatic rings. The van der Waals surface area contributed by atoms with Gasteiger partial charge in [0, 0.05) is 13.1 Å². The van der Waals surface area contributed by atoms with Crippen LogP contribution in [0.2, 0.25) is 5.02 Å². The normalized spacial score (nSPS) is 22.2. The van der Waals surface area contributed by atoms with Gasteiger partial charge < -0.3 is 4.90 Å². The van der Waals surface area contributed by atoms with Crippen LogP contribution in [0.4, 0.5) is 4.79 Å². The number of benzene rings is 1. The molecule has 1 unspecified atom stereocenters. The van der Waals surface area contributed by atoms with Crippen molar-refractivity contribution in [3.63, 3.8) is 0 Å². The lowest BCUT2D eigenvalue weighted by Crippen LogP contribution is -2.41. The van der Waals surface area contributed by atoms with E-state index in [0.717, 1.165) is 11.8 Å². The topological polar surface area (TPSA) is 57.7 Å². The van der Waals surface area contributed by atoms with E-state index in [2.05, 4.69) is 0 Å². The molecule has 0 saturated carbocycles. The highest BCUT2D eigenvalue weighted by Crippen LogP contribution is 2.27. The fraction of sp³-hybridized carbons (Fsp3) is 0.357. The predicted molar refractivity (Wildman–Crippen MR) is 80.5 cm³/mol. The maximum atomic E-state index is 12.4. The van der Waals surface area contributed by atoms with Crippen LogP contribution in [-0.2, 0) is 4.79 Å². The highest BCUT2D eigenvalue weighted by atomic mass is 35.5. The third-order valence-electron chi connectivity index (χ3n) is 3.70. The van der Waals surface area contributed by atoms with Gasteiger partial charge in [0.15, 0.2) is 0 Å². The Morgan fingerprint density at radius 2 is 2.05 bits per heavy atom. The first-order chi connectivity index (χ1) is 10.1. The lowest BCUT2D eigenvalue weighted by Gasteiger charge is -2.22. The molecule has 0 radical (unpaired) electrons. The molecule has 2 fully saturated rings. The molecular weight excluding hydrogens is 312 g/mol. The molecule has 0 spiro atoms. The smallest absolute Gasteiger partial charge is 0.289 e. The van der Waals surface area contributed by atoms with E-state index in [1.807, 2.05) is 0 Å². The van der Waals surface area contributed by atoms with Gasteiger partial charge in [0.25, 0.3) is 11.1 Å². The fourth-order valence-corrected chi connectivity index (χ4v) is 3.65. The van der Waals surface area contributed by atoms with Crippen LogP contribution in [0.5, 0.6) is 0 Å². The van der Waals surface area contributed by atoms with Gasteiger partial charge in [-0.05, 0) is 18.6 Å². The van der Waals surface area contributed by atoms with Gasteiger partial charge in [-0.1, -0.05) is 35.5 Å². The van der Waals surface area contributed by atoms with Crippen molar-refractivity contribution in [3.8, 4) is 0 Å². The van der Waals surface area contributed by atoms with E-state index in [9.17, 15) is 14.4 Å². The van der Waals surface area contributed by atoms with E-state index < -0.39 is 0 Å². The molecule has 2 aliphatic rings. The second-order valence-electron chi connectivity index (χ2n) is 4.99. The molecule has 21 heavy (non-hydrogen) atoms. The summed E-state index contributed by atoms with van der Waals surface area (Å²) in [5, 5.41) is 0.201. The van der Waals surface area contributed by atoms with Crippen molar-refractivity contribution in [2.75, 3.05) is 18.8 Å². The highest BCUT2D eigenvalue weighted by Gasteiger charge is 2.40. The standard InChI is InChI=1S/C14H13ClN2O3S/c15-11-4-2-1-3-10(11)13(19)16-6-5-9(7-16)17-12(18)8-21-14(17)20/h1-4,9H,5-8H2. The zero-order chi connectivity index (χ0) is 15.0. The molecule has 7 heteroatoms. The van der Waals surface area contributed by atoms with Gasteiger partial charge in [-0.25, -0.2) is 0 Å². The van der Waals surface area contributed by atoms with Crippen molar-refractivity contribution in [2.45, 2.75) is 12.5 Å². The fourth-order valence-electron chi connectivity index (χ4n) is 2.66. The Labute approximate surface area is 131 Å². The van der Waals surface area contributed by atoms with Crippen LogP contribution >= 0.6 is 23.4 Å². The summed E-state index contributed by atoms with van der Waals surface area (Å²) in [6.45, 7) is 0.901. The van der Waals surface area contributed by atoms with E-state index in [-0.39, 0.29) is 28.8 Å². The summed E-state index contributed by atoms with van der Waals surface area (Å²) >= 11 is 7.06. The second-order valence-corrected chi connectivity index (χ2v) is 6.33. The summed E-state index contributed by atoms with van der Waals surface area (Å²) < 4.78 is 0. The summed E-state index contributed by atoms with van der Waals surface area (Å²) in [4.78, 5) is 38.8. The minimum absolute atomic E-state index is 0.158. The number of amides is 3. The van der Waals surface area contributed by atoms with Crippen molar-refractivity contribution in [3.05, 3.63) is 34.9 Å². The molecule has 110 valence electrons. The first kappa shape index (κ1) is 14.4. The number of imide groups is 1. The van der Waals surface area contributed by atoms with Gasteiger partial charge in [-0.15, -0.1) is 0 Å². The molecule has 3 rings (SSSR count). The lowest BCUT2D eigenvalue weighted by molar-refractivity contribution is -0.126. The molecule has 1 aromatic carbocycles. The number of likely N-dealkylation sites (tertiary alicyclic amines) is 1. The van der Waals surface area contributed by atoms with E-state index >= 15 is 0 Å². The van der Waals surface area contributed by atoms with Gasteiger partial charge in [0.05, 0.1) is 22.4 Å². The molecule has 0 aliphatic carbocycles. The Morgan fingerprint density at radius 3 is 2.71 bits per heavy atom. The Hall–Kier alpha value is -1.53. The minimum Gasteiger partial charge on any atom is -0.336 e. The van der Waals surface area contributed by atoms with Crippen molar-refractivity contribution in [2.24, 2.45) is 0 Å². The molecule has 0 N–H and O–H groups in total. The molecule has 2 aliphatic heterocycles. The van der Waals surface area contributed by atoms with Crippen LogP contribution in [0.15, 0.2) is 24.3 Å². The van der Waals surface area contributed by atoms with Crippen molar-refractivity contribution >= 4 is 40.4 Å². The number of carbonyl (C=O) groups excluding carboxylic acids is 3. The first-order valence-electron chi connectivity index (χ1n) is 6.60. The summed E-state index contributed by atoms with van der Waals surface area (Å²) in [6, 6.07) is 6.67. The van der Waals surface area contributed by atoms with Crippen LogP contribution in [-0.4, -0.2) is 51.7 Å². The summed E-state index contributed by atoms with van der Waals surface area (Å²) in [5.74, 6) is -0.120. The monoisotopic (exact) mass is 324 g/mol. The van der Waals surface area contributed by atoms with Crippen LogP contribution in [0.3, 0.4) is 0 Å². The number of thioether (sulfide) groups is 1. The molecule has 0 bridgehead atoms. The average Bonchev–Trinajstić information content (AvgIpc) is 3.06. The van der Waals surface area contributed by atoms with Crippen LogP contribution in [0, 0.1) is 0 Å². The van der Waals surface area contributed by atoms with E-state index in [4.69, 9.17) is 11.6 Å². The largest absolute Gasteiger partial charge is 0.336 e. The molecule has 5 nitrogen and oxygen atoms in total. The Morgan fingerprint density at radius 1 is 1.29 bits per heavy atom. The van der Waals surface area contributed by atoms with Crippen molar-refractivity contribution in [1.29, 1.82) is 0 Å². The Balaban J connectivity index is 1.73. The third kappa shape index (κ3) is 2.65. The van der Waals surface area contributed by atoms with Gasteiger partial charge >= 0.3 is 0 Å². The quantitative estimate of drug-likeness (QED) is 0.837. The number of carbonyl (C=O) groups is 3. The number of rotatable bonds is 2. The maximum Gasteiger partial charge on any atom is 0.289 e. The summed E-state index contributed by atoms with van der Waals surface area (Å²) in [7, 11) is 0. The molecule has 1 atom stereocenters. The Kier molecular flexibility index (Phi) is 3.91. The molecule has 2 saturated heterocycles. The van der Waals surface area contributed by atoms with Gasteiger partial charge in [-0.3, -0.25) is 19.3 Å². The maximum absolute atomic E-state index is 12.4. The van der Waals surface area contributed by atoms with Crippen LogP contribution in [0.1, 0.15) is 16.8 Å². The zero-order valence-corrected chi connectivity index (χ0v) is 12.7. The van der Waals surface area contributed by atoms with Crippen LogP contribution < -0.4 is 0 Å². The van der Waals surface area contributed by atoms with E-state index in [1.165, 1.54) is 4.90 Å². The lowest BCUT2D eigenvalue weighted by atomic mass is 10.2. The average molecular weight is 325 g/mol. The van der Waals surface area contributed by atoms with Crippen molar-refractivity contribution in [1.82, 2.24) is 9.80 Å². The van der Waals surface area contributed by atoms with Crippen molar-refractivity contribution < 1.29 is 14.4 Å². The molecular formula is C14H13ClN2O3S. The summed E-state index contributed by atoms with van der Waals surface area (Å²) in [5.41, 5.74) is 0.452. The van der Waals surface area contributed by atoms with E-state index in [1.54, 1.807) is 29.2 Å². The zero-order valence-electron chi connectivity index (χ0n) is 11.1. The SMILES string of the molecule is O=C(c1ccccc1Cl)N1CCC(N2C(=O)CSC2=O)C1. The molecule has 0 aromatic heterocycles. The number of nitrogens with zero attached hydrogens (tertiary/aromatic N) is 2. The highest BCUT2D eigenvalue weighted by molar-refractivity contribution is 8.14. The number of hydrogen-bond acceptors (Lipinski definition) is 4. The minimum atomic E-state index is -0.216. The van der Waals surface area contributed by atoms with Crippen LogP contribution in [0.25, 0.3) is 0 Å². The van der Waals surface area contributed by atoms with Gasteiger partial charge in [0.1, 0.15) is 0 Å². The summed E-state index contributed by atoms with van der Waals surface area (Å²) in [6.07, 6.45) is 0.619. The third-order valence-corrected chi connectivity index (χ3v) is 4.87. The second kappa shape index (κ2) is 5.69. The molecule has 3 amide bonds. The Bertz CT molecular complexity index is 606. The number of hydrogen-bond donors (Lipinski definition) is 0. The van der Waals surface area contributed by atoms with Gasteiger partial charge in [0.2, 0.25) is 5.91 Å². The number of halogens is 1. The van der Waals surface area contributed by atoms with E-state index in [0.29, 0.717) is 30.1 Å². The predicted octanol–water partition coefficient (Wildman–Crippen LogP) is 2.25. The first-order valence-corrected chi connectivity index (χ1v) is 7.97. The van der Waals surface area contributed by atoms with Gasteiger partial charge in [-0.2, -0.15) is 0 Å². The molecule has 2 heterocycles.